The van der Waals surface area contributed by atoms with Crippen LogP contribution in [0.5, 0.6) is 0 Å². The average molecular weight is 691 g/mol. The van der Waals surface area contributed by atoms with Crippen LogP contribution in [0.4, 0.5) is 34.1 Å². The molecule has 0 radical (unpaired) electrons. The summed E-state index contributed by atoms with van der Waals surface area (Å²) >= 11 is 0. The normalized spacial score (nSPS) is 11.0. The minimum absolute atomic E-state index is 1.11. The van der Waals surface area contributed by atoms with E-state index >= 15 is 0 Å². The number of fused-ring (bicyclic) bond motifs is 1. The highest BCUT2D eigenvalue weighted by Gasteiger charge is 2.15. The first kappa shape index (κ1) is 32.7. The molecule has 9 aromatic carbocycles. The van der Waals surface area contributed by atoms with Gasteiger partial charge >= 0.3 is 0 Å². The van der Waals surface area contributed by atoms with Crippen molar-refractivity contribution in [1.82, 2.24) is 0 Å². The first-order valence-electron chi connectivity index (χ1n) is 18.4. The Morgan fingerprint density at radius 2 is 0.556 bits per heavy atom. The average Bonchev–Trinajstić information content (AvgIpc) is 3.25. The van der Waals surface area contributed by atoms with Gasteiger partial charge in [-0.15, -0.1) is 0 Å². The van der Waals surface area contributed by atoms with E-state index in [4.69, 9.17) is 0 Å². The Morgan fingerprint density at radius 1 is 0.222 bits per heavy atom. The second-order valence-electron chi connectivity index (χ2n) is 13.4. The molecule has 0 aliphatic carbocycles. The quantitative estimate of drug-likeness (QED) is 0.149. The van der Waals surface area contributed by atoms with Crippen molar-refractivity contribution >= 4 is 44.9 Å². The summed E-state index contributed by atoms with van der Waals surface area (Å²) in [6.45, 7) is 0. The fraction of sp³-hybridized carbons (Fsp3) is 0. The van der Waals surface area contributed by atoms with Gasteiger partial charge in [0, 0.05) is 34.1 Å². The van der Waals surface area contributed by atoms with Crippen molar-refractivity contribution in [3.63, 3.8) is 0 Å². The van der Waals surface area contributed by atoms with E-state index in [1.807, 2.05) is 0 Å². The summed E-state index contributed by atoms with van der Waals surface area (Å²) in [6.07, 6.45) is 0. The number of para-hydroxylation sites is 4. The van der Waals surface area contributed by atoms with Crippen LogP contribution in [-0.2, 0) is 0 Å². The van der Waals surface area contributed by atoms with E-state index in [0.29, 0.717) is 0 Å². The van der Waals surface area contributed by atoms with E-state index in [2.05, 4.69) is 240 Å². The Hall–Kier alpha value is -7.16. The third-order valence-electron chi connectivity index (χ3n) is 10.0. The highest BCUT2D eigenvalue weighted by atomic mass is 15.1. The Kier molecular flexibility index (Phi) is 8.99. The first-order valence-corrected chi connectivity index (χ1v) is 18.4. The van der Waals surface area contributed by atoms with Gasteiger partial charge in [0.1, 0.15) is 0 Å². The standard InChI is InChI=1S/C52H38N2/c1-5-18-45(19-6-1)53(46-20-7-2-8-21-46)49-32-28-39(29-33-49)42-36-43(38-44(37-42)52-27-15-17-41-16-13-14-26-51(41)52)40-30-34-50(35-31-40)54(47-22-9-3-10-23-47)48-24-11-4-12-25-48/h1-38H. The van der Waals surface area contributed by atoms with Crippen molar-refractivity contribution in [3.8, 4) is 33.4 Å². The molecule has 2 heteroatoms. The molecule has 0 aliphatic rings. The zero-order valence-electron chi connectivity index (χ0n) is 29.8. The highest BCUT2D eigenvalue weighted by molar-refractivity contribution is 5.98. The highest BCUT2D eigenvalue weighted by Crippen LogP contribution is 2.40. The summed E-state index contributed by atoms with van der Waals surface area (Å²) in [6, 6.07) is 82.4. The lowest BCUT2D eigenvalue weighted by atomic mass is 9.91. The molecule has 256 valence electrons. The van der Waals surface area contributed by atoms with Gasteiger partial charge in [-0.3, -0.25) is 0 Å². The van der Waals surface area contributed by atoms with Crippen LogP contribution < -0.4 is 9.80 Å². The lowest BCUT2D eigenvalue weighted by Gasteiger charge is -2.25. The fourth-order valence-corrected chi connectivity index (χ4v) is 7.40. The second kappa shape index (κ2) is 14.8. The van der Waals surface area contributed by atoms with Gasteiger partial charge in [-0.25, -0.2) is 0 Å². The monoisotopic (exact) mass is 690 g/mol. The molecule has 0 fully saturated rings. The number of nitrogens with zero attached hydrogens (tertiary/aromatic N) is 2. The molecule has 0 bridgehead atoms. The van der Waals surface area contributed by atoms with Gasteiger partial charge in [0.25, 0.3) is 0 Å². The van der Waals surface area contributed by atoms with Crippen LogP contribution in [0.2, 0.25) is 0 Å². The second-order valence-corrected chi connectivity index (χ2v) is 13.4. The molecule has 0 heterocycles. The predicted octanol–water partition coefficient (Wildman–Crippen LogP) is 14.8. The summed E-state index contributed by atoms with van der Waals surface area (Å²) in [5.41, 5.74) is 13.8. The van der Waals surface area contributed by atoms with Crippen molar-refractivity contribution in [1.29, 1.82) is 0 Å². The first-order chi connectivity index (χ1) is 26.8. The van der Waals surface area contributed by atoms with Crippen LogP contribution >= 0.6 is 0 Å². The minimum Gasteiger partial charge on any atom is -0.311 e. The van der Waals surface area contributed by atoms with E-state index < -0.39 is 0 Å². The topological polar surface area (TPSA) is 6.48 Å². The van der Waals surface area contributed by atoms with Crippen LogP contribution in [-0.4, -0.2) is 0 Å². The molecular formula is C52H38N2. The van der Waals surface area contributed by atoms with E-state index in [1.165, 1.54) is 44.2 Å². The molecule has 0 spiro atoms. The van der Waals surface area contributed by atoms with Crippen LogP contribution in [0, 0.1) is 0 Å². The van der Waals surface area contributed by atoms with Crippen molar-refractivity contribution < 1.29 is 0 Å². The van der Waals surface area contributed by atoms with Gasteiger partial charge in [0.2, 0.25) is 0 Å². The van der Waals surface area contributed by atoms with E-state index in [0.717, 1.165) is 34.1 Å². The molecule has 0 saturated heterocycles. The number of hydrogen-bond acceptors (Lipinski definition) is 2. The lowest BCUT2D eigenvalue weighted by molar-refractivity contribution is 1.28. The predicted molar refractivity (Wildman–Crippen MR) is 230 cm³/mol. The van der Waals surface area contributed by atoms with Gasteiger partial charge < -0.3 is 9.80 Å². The Labute approximate surface area is 317 Å². The maximum atomic E-state index is 2.34. The van der Waals surface area contributed by atoms with Crippen LogP contribution in [0.3, 0.4) is 0 Å². The van der Waals surface area contributed by atoms with Gasteiger partial charge in [-0.05, 0) is 135 Å². The van der Waals surface area contributed by atoms with Gasteiger partial charge in [0.15, 0.2) is 0 Å². The summed E-state index contributed by atoms with van der Waals surface area (Å²) in [5.74, 6) is 0. The summed E-state index contributed by atoms with van der Waals surface area (Å²) in [5, 5.41) is 2.48. The van der Waals surface area contributed by atoms with Gasteiger partial charge in [-0.1, -0.05) is 140 Å². The number of hydrogen-bond donors (Lipinski definition) is 0. The molecule has 9 rings (SSSR count). The third-order valence-corrected chi connectivity index (χ3v) is 10.0. The zero-order valence-corrected chi connectivity index (χ0v) is 29.8. The van der Waals surface area contributed by atoms with Crippen LogP contribution in [0.15, 0.2) is 231 Å². The molecule has 9 aromatic rings. The summed E-state index contributed by atoms with van der Waals surface area (Å²) in [4.78, 5) is 4.61. The number of anilines is 6. The maximum absolute atomic E-state index is 2.34. The molecule has 0 unspecified atom stereocenters. The molecule has 54 heavy (non-hydrogen) atoms. The molecule has 0 aromatic heterocycles. The van der Waals surface area contributed by atoms with Gasteiger partial charge in [0.05, 0.1) is 0 Å². The summed E-state index contributed by atoms with van der Waals surface area (Å²) in [7, 11) is 0. The van der Waals surface area contributed by atoms with E-state index in [-0.39, 0.29) is 0 Å². The van der Waals surface area contributed by atoms with E-state index in [9.17, 15) is 0 Å². The Bertz CT molecular complexity index is 2390. The Morgan fingerprint density at radius 3 is 0.981 bits per heavy atom. The van der Waals surface area contributed by atoms with E-state index in [1.54, 1.807) is 0 Å². The molecular weight excluding hydrogens is 653 g/mol. The largest absolute Gasteiger partial charge is 0.311 e. The third kappa shape index (κ3) is 6.65. The Balaban J connectivity index is 1.14. The molecule has 0 aliphatic heterocycles. The minimum atomic E-state index is 1.11. The summed E-state index contributed by atoms with van der Waals surface area (Å²) < 4.78 is 0. The zero-order chi connectivity index (χ0) is 36.1. The van der Waals surface area contributed by atoms with Crippen LogP contribution in [0.25, 0.3) is 44.2 Å². The van der Waals surface area contributed by atoms with Gasteiger partial charge in [-0.2, -0.15) is 0 Å². The SMILES string of the molecule is c1ccc(N(c2ccccc2)c2ccc(-c3cc(-c4ccc(N(c5ccccc5)c5ccccc5)cc4)cc(-c4cccc5ccccc45)c3)cc2)cc1. The molecule has 0 N–H and O–H groups in total. The molecule has 0 atom stereocenters. The molecule has 0 amide bonds. The fourth-order valence-electron chi connectivity index (χ4n) is 7.40. The number of rotatable bonds is 9. The van der Waals surface area contributed by atoms with Crippen molar-refractivity contribution in [2.75, 3.05) is 9.80 Å². The van der Waals surface area contributed by atoms with Crippen molar-refractivity contribution in [2.24, 2.45) is 0 Å². The number of benzene rings is 9. The van der Waals surface area contributed by atoms with Crippen molar-refractivity contribution in [3.05, 3.63) is 231 Å². The smallest absolute Gasteiger partial charge is 0.0462 e. The van der Waals surface area contributed by atoms with Crippen molar-refractivity contribution in [2.45, 2.75) is 0 Å². The molecule has 0 saturated carbocycles. The lowest BCUT2D eigenvalue weighted by Crippen LogP contribution is -2.09. The van der Waals surface area contributed by atoms with Crippen LogP contribution in [0.1, 0.15) is 0 Å². The molecule has 2 nitrogen and oxygen atoms in total. The maximum Gasteiger partial charge on any atom is 0.0462 e.